The van der Waals surface area contributed by atoms with E-state index in [2.05, 4.69) is 0 Å². The second-order valence-electron chi connectivity index (χ2n) is 5.05. The molecular weight excluding hydrogens is 278 g/mol. The maximum Gasteiger partial charge on any atom is 0.256 e. The third-order valence-electron chi connectivity index (χ3n) is 3.54. The van der Waals surface area contributed by atoms with Crippen molar-refractivity contribution < 1.29 is 18.4 Å². The highest BCUT2D eigenvalue weighted by Crippen LogP contribution is 2.14. The van der Waals surface area contributed by atoms with Gasteiger partial charge in [0.15, 0.2) is 0 Å². The van der Waals surface area contributed by atoms with Crippen LogP contribution in [0, 0.1) is 11.6 Å². The molecule has 21 heavy (non-hydrogen) atoms. The number of halogens is 2. The standard InChI is InChI=1S/C15H18F2N2O2/c1-2-3-14(20)18-6-8-19(9-7-18)15(21)12-5-4-11(16)10-13(12)17/h4-5,10H,2-3,6-9H2,1H3. The van der Waals surface area contributed by atoms with Gasteiger partial charge in [-0.2, -0.15) is 0 Å². The van der Waals surface area contributed by atoms with Gasteiger partial charge in [0.05, 0.1) is 5.56 Å². The van der Waals surface area contributed by atoms with E-state index in [0.29, 0.717) is 38.7 Å². The lowest BCUT2D eigenvalue weighted by Gasteiger charge is -2.34. The maximum absolute atomic E-state index is 13.6. The third kappa shape index (κ3) is 3.56. The smallest absolute Gasteiger partial charge is 0.256 e. The van der Waals surface area contributed by atoms with Gasteiger partial charge >= 0.3 is 0 Å². The summed E-state index contributed by atoms with van der Waals surface area (Å²) in [5, 5.41) is 0. The van der Waals surface area contributed by atoms with E-state index in [4.69, 9.17) is 0 Å². The predicted molar refractivity (Wildman–Crippen MR) is 73.7 cm³/mol. The molecule has 0 aliphatic carbocycles. The number of carbonyl (C=O) groups excluding carboxylic acids is 2. The SMILES string of the molecule is CCCC(=O)N1CCN(C(=O)c2ccc(F)cc2F)CC1. The fraction of sp³-hybridized carbons (Fsp3) is 0.467. The molecule has 0 N–H and O–H groups in total. The van der Waals surface area contributed by atoms with Gasteiger partial charge in [0.2, 0.25) is 5.91 Å². The summed E-state index contributed by atoms with van der Waals surface area (Å²) < 4.78 is 26.5. The molecule has 2 amide bonds. The Bertz CT molecular complexity index is 540. The fourth-order valence-corrected chi connectivity index (χ4v) is 2.36. The van der Waals surface area contributed by atoms with Crippen molar-refractivity contribution in [1.29, 1.82) is 0 Å². The lowest BCUT2D eigenvalue weighted by Crippen LogP contribution is -2.50. The molecule has 0 aromatic heterocycles. The predicted octanol–water partition coefficient (Wildman–Crippen LogP) is 2.05. The zero-order valence-corrected chi connectivity index (χ0v) is 11.9. The van der Waals surface area contributed by atoms with Crippen molar-refractivity contribution in [3.05, 3.63) is 35.4 Å². The first-order chi connectivity index (χ1) is 10.0. The summed E-state index contributed by atoms with van der Waals surface area (Å²) in [6.45, 7) is 3.58. The number of hydrogen-bond donors (Lipinski definition) is 0. The highest BCUT2D eigenvalue weighted by atomic mass is 19.1. The van der Waals surface area contributed by atoms with E-state index in [1.807, 2.05) is 6.92 Å². The highest BCUT2D eigenvalue weighted by molar-refractivity contribution is 5.94. The van der Waals surface area contributed by atoms with Gasteiger partial charge in [0, 0.05) is 38.7 Å². The minimum atomic E-state index is -0.857. The summed E-state index contributed by atoms with van der Waals surface area (Å²) in [7, 11) is 0. The number of hydrogen-bond acceptors (Lipinski definition) is 2. The molecule has 0 saturated carbocycles. The lowest BCUT2D eigenvalue weighted by atomic mass is 10.1. The number of piperazine rings is 1. The highest BCUT2D eigenvalue weighted by Gasteiger charge is 2.25. The van der Waals surface area contributed by atoms with Crippen molar-refractivity contribution in [3.63, 3.8) is 0 Å². The van der Waals surface area contributed by atoms with Crippen LogP contribution in [-0.4, -0.2) is 47.8 Å². The molecule has 1 aliphatic heterocycles. The molecule has 0 radical (unpaired) electrons. The van der Waals surface area contributed by atoms with E-state index < -0.39 is 17.5 Å². The van der Waals surface area contributed by atoms with Gasteiger partial charge in [-0.1, -0.05) is 6.92 Å². The van der Waals surface area contributed by atoms with Crippen molar-refractivity contribution in [2.45, 2.75) is 19.8 Å². The molecule has 4 nitrogen and oxygen atoms in total. The molecule has 2 rings (SSSR count). The molecule has 1 aromatic carbocycles. The lowest BCUT2D eigenvalue weighted by molar-refractivity contribution is -0.132. The first-order valence-corrected chi connectivity index (χ1v) is 7.05. The molecule has 0 spiro atoms. The van der Waals surface area contributed by atoms with Crippen molar-refractivity contribution >= 4 is 11.8 Å². The molecule has 1 aromatic rings. The molecule has 1 aliphatic rings. The second-order valence-corrected chi connectivity index (χ2v) is 5.05. The topological polar surface area (TPSA) is 40.6 Å². The maximum atomic E-state index is 13.6. The summed E-state index contributed by atoms with van der Waals surface area (Å²) in [4.78, 5) is 27.2. The number of benzene rings is 1. The molecule has 6 heteroatoms. The molecular formula is C15H18F2N2O2. The van der Waals surface area contributed by atoms with Crippen molar-refractivity contribution in [2.24, 2.45) is 0 Å². The number of carbonyl (C=O) groups is 2. The Labute approximate surface area is 122 Å². The van der Waals surface area contributed by atoms with E-state index in [-0.39, 0.29) is 11.5 Å². The van der Waals surface area contributed by atoms with Gasteiger partial charge in [-0.05, 0) is 18.6 Å². The van der Waals surface area contributed by atoms with Crippen LogP contribution in [0.4, 0.5) is 8.78 Å². The van der Waals surface area contributed by atoms with E-state index in [0.717, 1.165) is 18.6 Å². The van der Waals surface area contributed by atoms with Gasteiger partial charge in [0.1, 0.15) is 11.6 Å². The molecule has 114 valence electrons. The third-order valence-corrected chi connectivity index (χ3v) is 3.54. The number of rotatable bonds is 3. The van der Waals surface area contributed by atoms with Gasteiger partial charge in [-0.15, -0.1) is 0 Å². The van der Waals surface area contributed by atoms with Gasteiger partial charge in [0.25, 0.3) is 5.91 Å². The van der Waals surface area contributed by atoms with Crippen LogP contribution in [0.3, 0.4) is 0 Å². The zero-order chi connectivity index (χ0) is 15.4. The Morgan fingerprint density at radius 2 is 1.71 bits per heavy atom. The Morgan fingerprint density at radius 1 is 1.10 bits per heavy atom. The van der Waals surface area contributed by atoms with Crippen LogP contribution in [0.15, 0.2) is 18.2 Å². The van der Waals surface area contributed by atoms with Crippen molar-refractivity contribution in [1.82, 2.24) is 9.80 Å². The summed E-state index contributed by atoms with van der Waals surface area (Å²) >= 11 is 0. The average molecular weight is 296 g/mol. The Hall–Kier alpha value is -1.98. The summed E-state index contributed by atoms with van der Waals surface area (Å²) in [5.41, 5.74) is -0.135. The summed E-state index contributed by atoms with van der Waals surface area (Å²) in [6, 6.07) is 2.92. The van der Waals surface area contributed by atoms with Crippen molar-refractivity contribution in [2.75, 3.05) is 26.2 Å². The van der Waals surface area contributed by atoms with Gasteiger partial charge in [-0.25, -0.2) is 8.78 Å². The monoisotopic (exact) mass is 296 g/mol. The molecule has 0 unspecified atom stereocenters. The van der Waals surface area contributed by atoms with Crippen LogP contribution in [-0.2, 0) is 4.79 Å². The van der Waals surface area contributed by atoms with Gasteiger partial charge < -0.3 is 9.80 Å². The Balaban J connectivity index is 1.98. The van der Waals surface area contributed by atoms with Crippen molar-refractivity contribution in [3.8, 4) is 0 Å². The van der Waals surface area contributed by atoms with E-state index in [1.54, 1.807) is 4.90 Å². The van der Waals surface area contributed by atoms with E-state index in [1.165, 1.54) is 4.90 Å². The quantitative estimate of drug-likeness (QED) is 0.856. The Kier molecular flexibility index (Phi) is 4.88. The number of amides is 2. The van der Waals surface area contributed by atoms with Crippen LogP contribution in [0.2, 0.25) is 0 Å². The van der Waals surface area contributed by atoms with Crippen LogP contribution in [0.5, 0.6) is 0 Å². The zero-order valence-electron chi connectivity index (χ0n) is 11.9. The molecule has 1 fully saturated rings. The van der Waals surface area contributed by atoms with E-state index >= 15 is 0 Å². The van der Waals surface area contributed by atoms with Crippen LogP contribution >= 0.6 is 0 Å². The first kappa shape index (κ1) is 15.4. The summed E-state index contributed by atoms with van der Waals surface area (Å²) in [6.07, 6.45) is 1.29. The number of nitrogens with zero attached hydrogens (tertiary/aromatic N) is 2. The van der Waals surface area contributed by atoms with E-state index in [9.17, 15) is 18.4 Å². The molecule has 0 bridgehead atoms. The summed E-state index contributed by atoms with van der Waals surface area (Å²) in [5.74, 6) is -1.95. The molecule has 1 saturated heterocycles. The van der Waals surface area contributed by atoms with Crippen LogP contribution in [0.1, 0.15) is 30.1 Å². The minimum Gasteiger partial charge on any atom is -0.339 e. The van der Waals surface area contributed by atoms with Gasteiger partial charge in [-0.3, -0.25) is 9.59 Å². The second kappa shape index (κ2) is 6.65. The minimum absolute atomic E-state index is 0.0811. The van der Waals surface area contributed by atoms with Crippen LogP contribution in [0.25, 0.3) is 0 Å². The molecule has 0 atom stereocenters. The largest absolute Gasteiger partial charge is 0.339 e. The fourth-order valence-electron chi connectivity index (χ4n) is 2.36. The van der Waals surface area contributed by atoms with Crippen LogP contribution < -0.4 is 0 Å². The first-order valence-electron chi connectivity index (χ1n) is 7.05. The normalized spacial score (nSPS) is 15.2. The average Bonchev–Trinajstić information content (AvgIpc) is 2.47. The molecule has 1 heterocycles. The Morgan fingerprint density at radius 3 is 2.29 bits per heavy atom.